The maximum atomic E-state index is 12.8. The van der Waals surface area contributed by atoms with E-state index in [2.05, 4.69) is 29.7 Å². The number of amides is 2. The molecular formula is C27H28N2O5S. The van der Waals surface area contributed by atoms with Crippen LogP contribution in [0.4, 0.5) is 4.79 Å². The Morgan fingerprint density at radius 3 is 2.20 bits per heavy atom. The number of hydrogen-bond donors (Lipinski definition) is 3. The first kappa shape index (κ1) is 24.5. The molecule has 1 aliphatic carbocycles. The second kappa shape index (κ2) is 11.2. The van der Waals surface area contributed by atoms with Gasteiger partial charge in [-0.25, -0.2) is 4.79 Å². The number of nitrogens with one attached hydrogen (secondary N) is 2. The van der Waals surface area contributed by atoms with Crippen LogP contribution >= 0.6 is 11.3 Å². The number of carbonyl (C=O) groups excluding carboxylic acids is 2. The number of aryl methyl sites for hydroxylation is 1. The summed E-state index contributed by atoms with van der Waals surface area (Å²) in [6.07, 6.45) is -0.110. The molecule has 0 spiro atoms. The van der Waals surface area contributed by atoms with Crippen molar-refractivity contribution in [1.29, 1.82) is 0 Å². The predicted octanol–water partition coefficient (Wildman–Crippen LogP) is 4.70. The zero-order valence-electron chi connectivity index (χ0n) is 19.5. The monoisotopic (exact) mass is 492 g/mol. The molecule has 0 radical (unpaired) electrons. The van der Waals surface area contributed by atoms with E-state index in [1.54, 1.807) is 11.3 Å². The fraction of sp³-hybridized carbons (Fsp3) is 0.296. The molecule has 0 fully saturated rings. The third-order valence-electron chi connectivity index (χ3n) is 6.10. The van der Waals surface area contributed by atoms with Crippen LogP contribution in [-0.2, 0) is 27.3 Å². The fourth-order valence-corrected chi connectivity index (χ4v) is 5.22. The Labute approximate surface area is 208 Å². The summed E-state index contributed by atoms with van der Waals surface area (Å²) < 4.78 is 5.53. The van der Waals surface area contributed by atoms with E-state index >= 15 is 0 Å². The average Bonchev–Trinajstić information content (AvgIpc) is 3.46. The first-order chi connectivity index (χ1) is 17.0. The summed E-state index contributed by atoms with van der Waals surface area (Å²) in [5.41, 5.74) is 4.42. The van der Waals surface area contributed by atoms with Crippen LogP contribution in [0.25, 0.3) is 11.1 Å². The maximum absolute atomic E-state index is 12.8. The highest BCUT2D eigenvalue weighted by atomic mass is 32.1. The van der Waals surface area contributed by atoms with Gasteiger partial charge in [0.05, 0.1) is 6.54 Å². The molecule has 0 bridgehead atoms. The van der Waals surface area contributed by atoms with Gasteiger partial charge in [0.25, 0.3) is 0 Å². The SMILES string of the molecule is CCc1ccc(CNC(=O)C(CCC(=O)O)NC(=O)OCC2c3ccccc3-c3ccccc32)s1. The number of carboxylic acids is 1. The molecule has 1 atom stereocenters. The highest BCUT2D eigenvalue weighted by Crippen LogP contribution is 2.44. The van der Waals surface area contributed by atoms with E-state index in [0.717, 1.165) is 33.6 Å². The zero-order chi connectivity index (χ0) is 24.8. The zero-order valence-corrected chi connectivity index (χ0v) is 20.3. The molecule has 2 amide bonds. The smallest absolute Gasteiger partial charge is 0.407 e. The number of fused-ring (bicyclic) bond motifs is 3. The molecule has 1 unspecified atom stereocenters. The van der Waals surface area contributed by atoms with Crippen molar-refractivity contribution in [3.63, 3.8) is 0 Å². The molecule has 1 aromatic heterocycles. The van der Waals surface area contributed by atoms with Crippen LogP contribution < -0.4 is 10.6 Å². The lowest BCUT2D eigenvalue weighted by atomic mass is 9.98. The second-order valence-electron chi connectivity index (χ2n) is 8.39. The van der Waals surface area contributed by atoms with Gasteiger partial charge in [-0.1, -0.05) is 55.5 Å². The van der Waals surface area contributed by atoms with Crippen molar-refractivity contribution in [2.24, 2.45) is 0 Å². The third kappa shape index (κ3) is 5.89. The average molecular weight is 493 g/mol. The fourth-order valence-electron chi connectivity index (χ4n) is 4.32. The minimum atomic E-state index is -1.04. The lowest BCUT2D eigenvalue weighted by Gasteiger charge is -2.19. The predicted molar refractivity (Wildman–Crippen MR) is 134 cm³/mol. The lowest BCUT2D eigenvalue weighted by Crippen LogP contribution is -2.47. The molecule has 2 aromatic carbocycles. The molecule has 0 saturated heterocycles. The number of hydrogen-bond acceptors (Lipinski definition) is 5. The Kier molecular flexibility index (Phi) is 7.82. The van der Waals surface area contributed by atoms with Gasteiger partial charge < -0.3 is 20.5 Å². The Bertz CT molecular complexity index is 1180. The summed E-state index contributed by atoms with van der Waals surface area (Å²) in [7, 11) is 0. The van der Waals surface area contributed by atoms with Crippen LogP contribution in [0, 0.1) is 0 Å². The standard InChI is InChI=1S/C27H28N2O5S/c1-2-17-11-12-18(35-17)15-28-26(32)24(13-14-25(30)31)29-27(33)34-16-23-21-9-5-3-7-19(21)20-8-4-6-10-22(20)23/h3-12,23-24H,2,13-16H2,1H3,(H,28,32)(H,29,33)(H,30,31). The van der Waals surface area contributed by atoms with E-state index in [1.165, 1.54) is 4.88 Å². The summed E-state index contributed by atoms with van der Waals surface area (Å²) in [4.78, 5) is 38.7. The molecule has 35 heavy (non-hydrogen) atoms. The lowest BCUT2D eigenvalue weighted by molar-refractivity contribution is -0.137. The van der Waals surface area contributed by atoms with Crippen molar-refractivity contribution in [2.75, 3.05) is 6.61 Å². The number of ether oxygens (including phenoxy) is 1. The van der Waals surface area contributed by atoms with Crippen molar-refractivity contribution in [2.45, 2.75) is 44.7 Å². The van der Waals surface area contributed by atoms with Gasteiger partial charge in [0, 0.05) is 22.1 Å². The van der Waals surface area contributed by atoms with Gasteiger partial charge in [-0.3, -0.25) is 9.59 Å². The first-order valence-corrected chi connectivity index (χ1v) is 12.5. The number of thiophene rings is 1. The van der Waals surface area contributed by atoms with Crippen LogP contribution in [0.5, 0.6) is 0 Å². The van der Waals surface area contributed by atoms with E-state index in [9.17, 15) is 14.4 Å². The normalized spacial score (nSPS) is 12.9. The van der Waals surface area contributed by atoms with Gasteiger partial charge in [-0.05, 0) is 47.2 Å². The summed E-state index contributed by atoms with van der Waals surface area (Å²) in [6, 6.07) is 19.0. The second-order valence-corrected chi connectivity index (χ2v) is 9.65. The molecule has 7 nitrogen and oxygen atoms in total. The van der Waals surface area contributed by atoms with Crippen molar-refractivity contribution in [3.05, 3.63) is 81.5 Å². The van der Waals surface area contributed by atoms with Gasteiger partial charge in [0.15, 0.2) is 0 Å². The Morgan fingerprint density at radius 2 is 1.60 bits per heavy atom. The molecule has 3 N–H and O–H groups in total. The number of aliphatic carboxylic acids is 1. The molecule has 0 saturated carbocycles. The van der Waals surface area contributed by atoms with Crippen LogP contribution in [-0.4, -0.2) is 35.7 Å². The molecule has 3 aromatic rings. The van der Waals surface area contributed by atoms with Gasteiger partial charge in [-0.15, -0.1) is 11.3 Å². The van der Waals surface area contributed by atoms with E-state index in [-0.39, 0.29) is 25.4 Å². The first-order valence-electron chi connectivity index (χ1n) is 11.6. The molecule has 1 heterocycles. The minimum absolute atomic E-state index is 0.0317. The van der Waals surface area contributed by atoms with Gasteiger partial charge in [0.1, 0.15) is 12.6 Å². The molecule has 8 heteroatoms. The summed E-state index contributed by atoms with van der Waals surface area (Å²) >= 11 is 1.61. The third-order valence-corrected chi connectivity index (χ3v) is 7.33. The highest BCUT2D eigenvalue weighted by molar-refractivity contribution is 7.11. The number of carboxylic acid groups (broad SMARTS) is 1. The topological polar surface area (TPSA) is 105 Å². The van der Waals surface area contributed by atoms with E-state index in [1.807, 2.05) is 48.5 Å². The van der Waals surface area contributed by atoms with Gasteiger partial charge >= 0.3 is 12.1 Å². The largest absolute Gasteiger partial charge is 0.481 e. The number of alkyl carbamates (subject to hydrolysis) is 1. The van der Waals surface area contributed by atoms with Gasteiger partial charge in [0.2, 0.25) is 5.91 Å². The number of carbonyl (C=O) groups is 3. The van der Waals surface area contributed by atoms with Crippen molar-refractivity contribution < 1.29 is 24.2 Å². The molecule has 0 aliphatic heterocycles. The van der Waals surface area contributed by atoms with Gasteiger partial charge in [-0.2, -0.15) is 0 Å². The van der Waals surface area contributed by atoms with Crippen molar-refractivity contribution >= 4 is 29.3 Å². The van der Waals surface area contributed by atoms with Crippen LogP contribution in [0.15, 0.2) is 60.7 Å². The summed E-state index contributed by atoms with van der Waals surface area (Å²) in [5, 5.41) is 14.4. The van der Waals surface area contributed by atoms with Crippen LogP contribution in [0.3, 0.4) is 0 Å². The molecule has 1 aliphatic rings. The quantitative estimate of drug-likeness (QED) is 0.381. The molecular weight excluding hydrogens is 464 g/mol. The highest BCUT2D eigenvalue weighted by Gasteiger charge is 2.30. The van der Waals surface area contributed by atoms with Crippen molar-refractivity contribution in [3.8, 4) is 11.1 Å². The summed E-state index contributed by atoms with van der Waals surface area (Å²) in [6.45, 7) is 2.50. The Morgan fingerprint density at radius 1 is 0.971 bits per heavy atom. The van der Waals surface area contributed by atoms with Crippen molar-refractivity contribution in [1.82, 2.24) is 10.6 Å². The van der Waals surface area contributed by atoms with E-state index in [4.69, 9.17) is 9.84 Å². The minimum Gasteiger partial charge on any atom is -0.481 e. The summed E-state index contributed by atoms with van der Waals surface area (Å²) in [5.74, 6) is -1.58. The van der Waals surface area contributed by atoms with E-state index in [0.29, 0.717) is 6.54 Å². The number of benzene rings is 2. The Hall–Kier alpha value is -3.65. The number of rotatable bonds is 10. The maximum Gasteiger partial charge on any atom is 0.407 e. The van der Waals surface area contributed by atoms with Crippen LogP contribution in [0.1, 0.15) is 46.6 Å². The molecule has 4 rings (SSSR count). The van der Waals surface area contributed by atoms with E-state index < -0.39 is 24.0 Å². The van der Waals surface area contributed by atoms with Crippen LogP contribution in [0.2, 0.25) is 0 Å². The Balaban J connectivity index is 1.38. The molecule has 182 valence electrons.